The third-order valence-electron chi connectivity index (χ3n) is 2.88. The van der Waals surface area contributed by atoms with Gasteiger partial charge in [-0.1, -0.05) is 35.3 Å². The van der Waals surface area contributed by atoms with Gasteiger partial charge in [-0.25, -0.2) is 0 Å². The van der Waals surface area contributed by atoms with Gasteiger partial charge in [0.25, 0.3) is 5.69 Å². The van der Waals surface area contributed by atoms with Crippen LogP contribution in [0.4, 0.5) is 5.69 Å². The Morgan fingerprint density at radius 3 is 2.30 bits per heavy atom. The second-order valence-corrected chi connectivity index (χ2v) is 5.00. The van der Waals surface area contributed by atoms with E-state index in [1.54, 1.807) is 18.2 Å². The van der Waals surface area contributed by atoms with Crippen LogP contribution in [0.3, 0.4) is 0 Å². The van der Waals surface area contributed by atoms with E-state index in [2.05, 4.69) is 6.07 Å². The Hall–Kier alpha value is -2.09. The Kier molecular flexibility index (Phi) is 3.93. The minimum Gasteiger partial charge on any atom is -0.258 e. The van der Waals surface area contributed by atoms with Crippen molar-refractivity contribution in [2.75, 3.05) is 0 Å². The number of halogens is 2. The first-order valence-corrected chi connectivity index (χ1v) is 6.34. The lowest BCUT2D eigenvalue weighted by molar-refractivity contribution is -0.384. The number of benzene rings is 2. The van der Waals surface area contributed by atoms with Crippen LogP contribution in [0.25, 0.3) is 11.1 Å². The second kappa shape index (κ2) is 5.49. The topological polar surface area (TPSA) is 66.9 Å². The molecule has 2 aromatic carbocycles. The molecule has 0 unspecified atom stereocenters. The molecule has 0 bridgehead atoms. The fraction of sp³-hybridized carbons (Fsp3) is 0.0714. The van der Waals surface area contributed by atoms with Crippen LogP contribution < -0.4 is 0 Å². The fourth-order valence-corrected chi connectivity index (χ4v) is 2.53. The number of nitro groups is 1. The maximum Gasteiger partial charge on any atom is 0.272 e. The zero-order valence-electron chi connectivity index (χ0n) is 10.4. The molecular formula is C14H8Cl2N2O2. The average molecular weight is 307 g/mol. The molecular weight excluding hydrogens is 299 g/mol. The zero-order chi connectivity index (χ0) is 14.9. The Morgan fingerprint density at radius 2 is 1.80 bits per heavy atom. The van der Waals surface area contributed by atoms with E-state index in [1.165, 1.54) is 12.1 Å². The molecule has 20 heavy (non-hydrogen) atoms. The molecule has 6 heteroatoms. The number of nitro benzene ring substituents is 1. The smallest absolute Gasteiger partial charge is 0.258 e. The molecule has 100 valence electrons. The summed E-state index contributed by atoms with van der Waals surface area (Å²) in [6.07, 6.45) is 0. The van der Waals surface area contributed by atoms with Crippen molar-refractivity contribution in [2.24, 2.45) is 0 Å². The van der Waals surface area contributed by atoms with Gasteiger partial charge in [-0.3, -0.25) is 10.1 Å². The maximum absolute atomic E-state index is 10.7. The average Bonchev–Trinajstić information content (AvgIpc) is 2.39. The first-order valence-electron chi connectivity index (χ1n) is 5.58. The van der Waals surface area contributed by atoms with Crippen LogP contribution in [0, 0.1) is 28.4 Å². The minimum absolute atomic E-state index is 0.170. The molecule has 0 aliphatic heterocycles. The van der Waals surface area contributed by atoms with Gasteiger partial charge in [-0.05, 0) is 24.1 Å². The van der Waals surface area contributed by atoms with Crippen LogP contribution in [-0.2, 0) is 0 Å². The third kappa shape index (κ3) is 2.60. The highest BCUT2D eigenvalue weighted by atomic mass is 35.5. The second-order valence-electron chi connectivity index (χ2n) is 4.18. The Labute approximate surface area is 125 Å². The fourth-order valence-electron chi connectivity index (χ4n) is 1.84. The van der Waals surface area contributed by atoms with Gasteiger partial charge >= 0.3 is 0 Å². The SMILES string of the molecule is Cc1ccc(-c2c(Cl)cc([N+](=O)[O-])cc2Cl)cc1C#N. The predicted octanol–water partition coefficient (Wildman–Crippen LogP) is 4.75. The highest BCUT2D eigenvalue weighted by Crippen LogP contribution is 2.38. The number of rotatable bonds is 2. The van der Waals surface area contributed by atoms with E-state index in [0.717, 1.165) is 5.56 Å². The molecule has 0 radical (unpaired) electrons. The minimum atomic E-state index is -0.558. The molecule has 0 saturated carbocycles. The summed E-state index contributed by atoms with van der Waals surface area (Å²) in [5.74, 6) is 0. The van der Waals surface area contributed by atoms with Crippen LogP contribution >= 0.6 is 23.2 Å². The molecule has 0 fully saturated rings. The Balaban J connectivity index is 2.65. The number of aryl methyl sites for hydroxylation is 1. The maximum atomic E-state index is 10.7. The molecule has 0 aliphatic carbocycles. The van der Waals surface area contributed by atoms with Crippen molar-refractivity contribution in [3.05, 3.63) is 61.6 Å². The third-order valence-corrected chi connectivity index (χ3v) is 3.48. The van der Waals surface area contributed by atoms with Gasteiger partial charge in [-0.2, -0.15) is 5.26 Å². The highest BCUT2D eigenvalue weighted by molar-refractivity contribution is 6.39. The normalized spacial score (nSPS) is 10.1. The van der Waals surface area contributed by atoms with E-state index in [4.69, 9.17) is 28.5 Å². The van der Waals surface area contributed by atoms with Crippen molar-refractivity contribution in [2.45, 2.75) is 6.92 Å². The molecule has 0 N–H and O–H groups in total. The van der Waals surface area contributed by atoms with E-state index in [9.17, 15) is 10.1 Å². The molecule has 0 atom stereocenters. The van der Waals surface area contributed by atoms with Crippen molar-refractivity contribution in [1.82, 2.24) is 0 Å². The summed E-state index contributed by atoms with van der Waals surface area (Å²) in [5.41, 5.74) is 2.31. The van der Waals surface area contributed by atoms with E-state index < -0.39 is 4.92 Å². The summed E-state index contributed by atoms with van der Waals surface area (Å²) < 4.78 is 0. The summed E-state index contributed by atoms with van der Waals surface area (Å²) >= 11 is 12.2. The lowest BCUT2D eigenvalue weighted by Gasteiger charge is -2.08. The summed E-state index contributed by atoms with van der Waals surface area (Å²) in [4.78, 5) is 10.2. The van der Waals surface area contributed by atoms with Crippen LogP contribution in [0.5, 0.6) is 0 Å². The van der Waals surface area contributed by atoms with Crippen LogP contribution in [0.2, 0.25) is 10.0 Å². The molecule has 0 heterocycles. The van der Waals surface area contributed by atoms with Crippen molar-refractivity contribution in [3.63, 3.8) is 0 Å². The van der Waals surface area contributed by atoms with E-state index in [1.807, 2.05) is 6.92 Å². The Morgan fingerprint density at radius 1 is 1.20 bits per heavy atom. The summed E-state index contributed by atoms with van der Waals surface area (Å²) in [5, 5.41) is 20.1. The molecule has 0 saturated heterocycles. The Bertz CT molecular complexity index is 728. The molecule has 2 rings (SSSR count). The van der Waals surface area contributed by atoms with Crippen molar-refractivity contribution >= 4 is 28.9 Å². The first-order chi connectivity index (χ1) is 9.43. The van der Waals surface area contributed by atoms with Gasteiger partial charge < -0.3 is 0 Å². The van der Waals surface area contributed by atoms with Gasteiger partial charge in [0, 0.05) is 17.7 Å². The molecule has 0 aliphatic rings. The molecule has 4 nitrogen and oxygen atoms in total. The summed E-state index contributed by atoms with van der Waals surface area (Å²) in [6, 6.07) is 9.78. The molecule has 2 aromatic rings. The van der Waals surface area contributed by atoms with Gasteiger partial charge in [0.15, 0.2) is 0 Å². The predicted molar refractivity (Wildman–Crippen MR) is 78.0 cm³/mol. The molecule has 0 spiro atoms. The lowest BCUT2D eigenvalue weighted by atomic mass is 10.00. The number of non-ortho nitro benzene ring substituents is 1. The number of nitriles is 1. The van der Waals surface area contributed by atoms with Crippen LogP contribution in [0.1, 0.15) is 11.1 Å². The van der Waals surface area contributed by atoms with E-state index in [0.29, 0.717) is 16.7 Å². The largest absolute Gasteiger partial charge is 0.272 e. The summed E-state index contributed by atoms with van der Waals surface area (Å²) in [7, 11) is 0. The first kappa shape index (κ1) is 14.3. The highest BCUT2D eigenvalue weighted by Gasteiger charge is 2.16. The zero-order valence-corrected chi connectivity index (χ0v) is 11.9. The van der Waals surface area contributed by atoms with E-state index in [-0.39, 0.29) is 15.7 Å². The van der Waals surface area contributed by atoms with Crippen molar-refractivity contribution in [3.8, 4) is 17.2 Å². The van der Waals surface area contributed by atoms with Crippen molar-refractivity contribution < 1.29 is 4.92 Å². The van der Waals surface area contributed by atoms with Crippen LogP contribution in [-0.4, -0.2) is 4.92 Å². The number of hydrogen-bond acceptors (Lipinski definition) is 3. The monoisotopic (exact) mass is 306 g/mol. The van der Waals surface area contributed by atoms with E-state index >= 15 is 0 Å². The van der Waals surface area contributed by atoms with Gasteiger partial charge in [0.2, 0.25) is 0 Å². The molecule has 0 aromatic heterocycles. The van der Waals surface area contributed by atoms with Gasteiger partial charge in [0.1, 0.15) is 0 Å². The summed E-state index contributed by atoms with van der Waals surface area (Å²) in [6.45, 7) is 1.82. The lowest BCUT2D eigenvalue weighted by Crippen LogP contribution is -1.91. The number of nitrogens with zero attached hydrogens (tertiary/aromatic N) is 2. The standard InChI is InChI=1S/C14H8Cl2N2O2/c1-8-2-3-9(4-10(8)7-17)14-12(15)5-11(18(19)20)6-13(14)16/h2-6H,1H3. The quantitative estimate of drug-likeness (QED) is 0.594. The number of hydrogen-bond donors (Lipinski definition) is 0. The van der Waals surface area contributed by atoms with Crippen molar-refractivity contribution in [1.29, 1.82) is 5.26 Å². The van der Waals surface area contributed by atoms with Gasteiger partial charge in [-0.15, -0.1) is 0 Å². The van der Waals surface area contributed by atoms with Gasteiger partial charge in [0.05, 0.1) is 26.6 Å². The molecule has 0 amide bonds. The van der Waals surface area contributed by atoms with Crippen LogP contribution in [0.15, 0.2) is 30.3 Å².